The van der Waals surface area contributed by atoms with Gasteiger partial charge in [0, 0.05) is 19.0 Å². The maximum absolute atomic E-state index is 13.4. The maximum Gasteiger partial charge on any atom is 0.416 e. The fourth-order valence-electron chi connectivity index (χ4n) is 5.91. The highest BCUT2D eigenvalue weighted by Crippen LogP contribution is 2.77. The van der Waals surface area contributed by atoms with E-state index in [1.807, 2.05) is 0 Å². The predicted molar refractivity (Wildman–Crippen MR) is 91.6 cm³/mol. The number of alkyl halides is 3. The van der Waals surface area contributed by atoms with E-state index in [0.717, 1.165) is 25.0 Å². The second-order valence-electron chi connectivity index (χ2n) is 7.82. The molecule has 1 N–H and O–H groups in total. The van der Waals surface area contributed by atoms with Crippen LogP contribution in [0.15, 0.2) is 24.3 Å². The minimum atomic E-state index is -4.49. The van der Waals surface area contributed by atoms with E-state index in [1.54, 1.807) is 0 Å². The zero-order valence-corrected chi connectivity index (χ0v) is 14.7. The largest absolute Gasteiger partial charge is 0.416 e. The molecule has 2 aliphatic heterocycles. The van der Waals surface area contributed by atoms with Crippen molar-refractivity contribution < 1.29 is 22.7 Å². The highest BCUT2D eigenvalue weighted by Gasteiger charge is 2.90. The van der Waals surface area contributed by atoms with Gasteiger partial charge >= 0.3 is 6.18 Å². The van der Waals surface area contributed by atoms with Crippen LogP contribution in [-0.2, 0) is 15.7 Å². The summed E-state index contributed by atoms with van der Waals surface area (Å²) in [7, 11) is 0. The van der Waals surface area contributed by atoms with E-state index >= 15 is 0 Å². The second-order valence-corrected chi connectivity index (χ2v) is 7.82. The molecular formula is C19H20F3N3O2. The van der Waals surface area contributed by atoms with Gasteiger partial charge in [-0.2, -0.15) is 13.2 Å². The predicted octanol–water partition coefficient (Wildman–Crippen LogP) is 2.90. The van der Waals surface area contributed by atoms with Crippen LogP contribution in [0.1, 0.15) is 24.8 Å². The monoisotopic (exact) mass is 379 g/mol. The van der Waals surface area contributed by atoms with E-state index < -0.39 is 22.7 Å². The number of piperidine rings is 1. The summed E-state index contributed by atoms with van der Waals surface area (Å²) in [5, 5.41) is 8.87. The van der Waals surface area contributed by atoms with Crippen molar-refractivity contribution in [3.8, 4) is 0 Å². The number of hydrogen-bond donors (Lipinski definition) is 1. The molecule has 1 amide bonds. The highest BCUT2D eigenvalue weighted by molar-refractivity contribution is 6.32. The molecule has 0 unspecified atom stereocenters. The van der Waals surface area contributed by atoms with Crippen LogP contribution in [0.4, 0.5) is 18.9 Å². The number of nitrogens with zero attached hydrogens (tertiary/aromatic N) is 2. The van der Waals surface area contributed by atoms with Gasteiger partial charge in [-0.3, -0.25) is 20.0 Å². The number of anilines is 1. The Kier molecular flexibility index (Phi) is 3.39. The van der Waals surface area contributed by atoms with Gasteiger partial charge in [-0.05, 0) is 31.0 Å². The number of carbonyl (C=O) groups is 1. The zero-order chi connectivity index (χ0) is 19.0. The van der Waals surface area contributed by atoms with Crippen LogP contribution in [0.5, 0.6) is 0 Å². The van der Waals surface area contributed by atoms with Crippen LogP contribution < -0.4 is 4.90 Å². The van der Waals surface area contributed by atoms with Gasteiger partial charge in [0.2, 0.25) is 5.91 Å². The van der Waals surface area contributed by atoms with Gasteiger partial charge in [0.25, 0.3) is 0 Å². The molecule has 5 nitrogen and oxygen atoms in total. The molecule has 27 heavy (non-hydrogen) atoms. The molecule has 0 aromatic heterocycles. The summed E-state index contributed by atoms with van der Waals surface area (Å²) in [5.74, 6) is 0.0318. The first-order valence-electron chi connectivity index (χ1n) is 9.29. The molecule has 2 heterocycles. The van der Waals surface area contributed by atoms with Crippen molar-refractivity contribution in [2.24, 2.45) is 11.3 Å². The lowest BCUT2D eigenvalue weighted by Gasteiger charge is -2.37. The Hall–Kier alpha value is -1.93. The first-order valence-corrected chi connectivity index (χ1v) is 9.29. The minimum absolute atomic E-state index is 0.102. The Bertz CT molecular complexity index is 836. The molecule has 4 aliphatic rings. The average molecular weight is 379 g/mol. The Morgan fingerprint density at radius 3 is 2.67 bits per heavy atom. The maximum atomic E-state index is 13.4. The lowest BCUT2D eigenvalue weighted by molar-refractivity contribution is -0.137. The summed E-state index contributed by atoms with van der Waals surface area (Å²) in [4.78, 5) is 16.8. The molecule has 3 atom stereocenters. The van der Waals surface area contributed by atoms with E-state index in [-0.39, 0.29) is 23.3 Å². The lowest BCUT2D eigenvalue weighted by atomic mass is 9.95. The molecule has 5 rings (SSSR count). The van der Waals surface area contributed by atoms with Gasteiger partial charge < -0.3 is 4.74 Å². The Morgan fingerprint density at radius 1 is 1.22 bits per heavy atom. The lowest BCUT2D eigenvalue weighted by Crippen LogP contribution is -2.53. The molecular weight excluding hydrogens is 359 g/mol. The summed E-state index contributed by atoms with van der Waals surface area (Å²) in [6, 6.07) is 4.75. The van der Waals surface area contributed by atoms with Crippen molar-refractivity contribution in [2.45, 2.75) is 31.0 Å². The van der Waals surface area contributed by atoms with Crippen molar-refractivity contribution in [1.29, 1.82) is 5.41 Å². The van der Waals surface area contributed by atoms with Crippen molar-refractivity contribution >= 4 is 17.4 Å². The topological polar surface area (TPSA) is 56.6 Å². The molecule has 0 radical (unpaired) electrons. The third-order valence-corrected chi connectivity index (χ3v) is 6.87. The van der Waals surface area contributed by atoms with Crippen molar-refractivity contribution in [2.75, 3.05) is 31.2 Å². The van der Waals surface area contributed by atoms with Gasteiger partial charge in [-0.1, -0.05) is 12.5 Å². The number of fused-ring (bicyclic) bond motifs is 1. The van der Waals surface area contributed by atoms with E-state index in [9.17, 15) is 18.0 Å². The second kappa shape index (κ2) is 5.32. The fraction of sp³-hybridized carbons (Fsp3) is 0.579. The highest BCUT2D eigenvalue weighted by atomic mass is 19.4. The smallest absolute Gasteiger partial charge is 0.379 e. The summed E-state index contributed by atoms with van der Waals surface area (Å²) < 4.78 is 44.8. The number of carbonyl (C=O) groups excluding carboxylic acids is 1. The molecule has 144 valence electrons. The van der Waals surface area contributed by atoms with Gasteiger partial charge in [-0.25, -0.2) is 0 Å². The molecule has 0 bridgehead atoms. The van der Waals surface area contributed by atoms with Gasteiger partial charge in [0.05, 0.1) is 35.4 Å². The molecule has 1 aromatic rings. The van der Waals surface area contributed by atoms with Crippen LogP contribution >= 0.6 is 0 Å². The normalized spacial score (nSPS) is 36.1. The number of hydrogen-bond acceptors (Lipinski definition) is 4. The summed E-state index contributed by atoms with van der Waals surface area (Å²) in [5.41, 5.74) is -1.97. The number of amidine groups is 1. The molecule has 2 aliphatic carbocycles. The third kappa shape index (κ3) is 1.92. The first-order chi connectivity index (χ1) is 12.8. The molecule has 1 aromatic carbocycles. The molecule has 2 saturated carbocycles. The number of amides is 1. The minimum Gasteiger partial charge on any atom is -0.379 e. The molecule has 1 spiro atoms. The Morgan fingerprint density at radius 2 is 1.96 bits per heavy atom. The number of ether oxygens (including phenoxy) is 1. The number of nitrogens with one attached hydrogen (secondary N) is 1. The molecule has 2 saturated heterocycles. The van der Waals surface area contributed by atoms with E-state index in [1.165, 1.54) is 17.0 Å². The van der Waals surface area contributed by atoms with Crippen molar-refractivity contribution in [3.63, 3.8) is 0 Å². The number of benzene rings is 1. The number of halogens is 3. The van der Waals surface area contributed by atoms with E-state index in [2.05, 4.69) is 4.90 Å². The summed E-state index contributed by atoms with van der Waals surface area (Å²) >= 11 is 0. The number of morpholine rings is 1. The molecule has 8 heteroatoms. The van der Waals surface area contributed by atoms with Crippen LogP contribution in [0.2, 0.25) is 0 Å². The zero-order valence-electron chi connectivity index (χ0n) is 14.7. The van der Waals surface area contributed by atoms with Gasteiger partial charge in [0.15, 0.2) is 0 Å². The van der Waals surface area contributed by atoms with Gasteiger partial charge in [0.1, 0.15) is 5.84 Å². The average Bonchev–Trinajstić information content (AvgIpc) is 2.90. The van der Waals surface area contributed by atoms with Gasteiger partial charge in [-0.15, -0.1) is 0 Å². The Labute approximate surface area is 154 Å². The summed E-state index contributed by atoms with van der Waals surface area (Å²) in [6.45, 7) is 2.39. The number of rotatable bonds is 2. The van der Waals surface area contributed by atoms with Crippen LogP contribution in [0, 0.1) is 16.7 Å². The SMILES string of the molecule is N=C1N(c2cccc(C(F)(F)F)c2)C(=O)[C@]23CCC[C@H]2[C@]13N1CCOCC1. The Balaban J connectivity index is 1.57. The van der Waals surface area contributed by atoms with Crippen LogP contribution in [0.3, 0.4) is 0 Å². The van der Waals surface area contributed by atoms with Crippen LogP contribution in [0.25, 0.3) is 0 Å². The van der Waals surface area contributed by atoms with E-state index in [0.29, 0.717) is 32.7 Å². The summed E-state index contributed by atoms with van der Waals surface area (Å²) in [6.07, 6.45) is -1.97. The van der Waals surface area contributed by atoms with E-state index in [4.69, 9.17) is 10.1 Å². The quantitative estimate of drug-likeness (QED) is 0.860. The van der Waals surface area contributed by atoms with Crippen molar-refractivity contribution in [1.82, 2.24) is 4.90 Å². The standard InChI is InChI=1S/C19H20F3N3O2/c20-19(21,22)12-3-1-4-13(11-12)25-15(23)18(24-7-9-27-10-8-24)14-5-2-6-17(14,18)16(25)26/h1,3-4,11,14,23H,2,5-10H2/t14-,17+,18+/m1/s1. The van der Waals surface area contributed by atoms with Crippen LogP contribution in [-0.4, -0.2) is 48.5 Å². The van der Waals surface area contributed by atoms with Crippen molar-refractivity contribution in [3.05, 3.63) is 29.8 Å². The fourth-order valence-corrected chi connectivity index (χ4v) is 5.91. The first kappa shape index (κ1) is 17.2. The third-order valence-electron chi connectivity index (χ3n) is 6.87. The molecule has 4 fully saturated rings.